The molecule has 1 amide bonds. The summed E-state index contributed by atoms with van der Waals surface area (Å²) in [5, 5.41) is 11.5. The van der Waals surface area contributed by atoms with Gasteiger partial charge in [0.2, 0.25) is 5.91 Å². The van der Waals surface area contributed by atoms with Gasteiger partial charge in [-0.1, -0.05) is 30.3 Å². The lowest BCUT2D eigenvalue weighted by molar-refractivity contribution is -0.122. The summed E-state index contributed by atoms with van der Waals surface area (Å²) in [6, 6.07) is 9.77. The van der Waals surface area contributed by atoms with E-state index in [4.69, 9.17) is 5.11 Å². The van der Waals surface area contributed by atoms with E-state index in [-0.39, 0.29) is 18.4 Å². The molecule has 1 aromatic carbocycles. The van der Waals surface area contributed by atoms with E-state index < -0.39 is 0 Å². The molecular weight excluding hydrogens is 214 g/mol. The molecule has 0 aliphatic heterocycles. The average molecular weight is 235 g/mol. The SMILES string of the molecule is CC(C(=O)NCCCCCO)c1ccccc1. The van der Waals surface area contributed by atoms with Crippen LogP contribution in [0.3, 0.4) is 0 Å². The highest BCUT2D eigenvalue weighted by atomic mass is 16.2. The number of hydrogen-bond donors (Lipinski definition) is 2. The van der Waals surface area contributed by atoms with Crippen LogP contribution in [-0.2, 0) is 4.79 Å². The number of aliphatic hydroxyl groups is 1. The van der Waals surface area contributed by atoms with Crippen LogP contribution >= 0.6 is 0 Å². The maximum atomic E-state index is 11.8. The van der Waals surface area contributed by atoms with Gasteiger partial charge in [0, 0.05) is 13.2 Å². The van der Waals surface area contributed by atoms with Gasteiger partial charge in [0.15, 0.2) is 0 Å². The molecule has 0 saturated heterocycles. The number of amides is 1. The van der Waals surface area contributed by atoms with Crippen LogP contribution in [0.4, 0.5) is 0 Å². The summed E-state index contributed by atoms with van der Waals surface area (Å²) < 4.78 is 0. The van der Waals surface area contributed by atoms with Crippen molar-refractivity contribution in [3.63, 3.8) is 0 Å². The van der Waals surface area contributed by atoms with E-state index >= 15 is 0 Å². The number of carbonyl (C=O) groups is 1. The van der Waals surface area contributed by atoms with Crippen molar-refractivity contribution >= 4 is 5.91 Å². The van der Waals surface area contributed by atoms with Crippen LogP contribution in [0.1, 0.15) is 37.7 Å². The molecule has 0 spiro atoms. The Kier molecular flexibility index (Phi) is 6.33. The number of hydrogen-bond acceptors (Lipinski definition) is 2. The van der Waals surface area contributed by atoms with Crippen LogP contribution in [0.15, 0.2) is 30.3 Å². The molecule has 0 fully saturated rings. The summed E-state index contributed by atoms with van der Waals surface area (Å²) in [4.78, 5) is 11.8. The summed E-state index contributed by atoms with van der Waals surface area (Å²) in [6.07, 6.45) is 2.69. The number of benzene rings is 1. The first kappa shape index (κ1) is 13.7. The first-order valence-corrected chi connectivity index (χ1v) is 6.19. The molecule has 3 heteroatoms. The molecule has 0 aliphatic carbocycles. The fourth-order valence-corrected chi connectivity index (χ4v) is 1.67. The van der Waals surface area contributed by atoms with Gasteiger partial charge < -0.3 is 10.4 Å². The molecule has 0 bridgehead atoms. The monoisotopic (exact) mass is 235 g/mol. The van der Waals surface area contributed by atoms with E-state index in [9.17, 15) is 4.79 Å². The van der Waals surface area contributed by atoms with E-state index in [1.807, 2.05) is 37.3 Å². The molecule has 0 radical (unpaired) electrons. The third kappa shape index (κ3) is 5.00. The molecule has 94 valence electrons. The lowest BCUT2D eigenvalue weighted by atomic mass is 10.0. The van der Waals surface area contributed by atoms with Crippen LogP contribution in [0, 0.1) is 0 Å². The fraction of sp³-hybridized carbons (Fsp3) is 0.500. The smallest absolute Gasteiger partial charge is 0.227 e. The molecule has 0 aromatic heterocycles. The Morgan fingerprint density at radius 1 is 1.24 bits per heavy atom. The van der Waals surface area contributed by atoms with Crippen LogP contribution in [0.25, 0.3) is 0 Å². The van der Waals surface area contributed by atoms with Crippen molar-refractivity contribution < 1.29 is 9.90 Å². The van der Waals surface area contributed by atoms with Gasteiger partial charge in [0.1, 0.15) is 0 Å². The average Bonchev–Trinajstić information content (AvgIpc) is 2.38. The summed E-state index contributed by atoms with van der Waals surface area (Å²) >= 11 is 0. The Morgan fingerprint density at radius 3 is 2.59 bits per heavy atom. The Balaban J connectivity index is 2.28. The predicted octanol–water partition coefficient (Wildman–Crippen LogP) is 2.07. The molecule has 3 nitrogen and oxygen atoms in total. The first-order valence-electron chi connectivity index (χ1n) is 6.19. The van der Waals surface area contributed by atoms with Crippen molar-refractivity contribution in [2.75, 3.05) is 13.2 Å². The summed E-state index contributed by atoms with van der Waals surface area (Å²) in [5.41, 5.74) is 1.04. The minimum Gasteiger partial charge on any atom is -0.396 e. The van der Waals surface area contributed by atoms with Crippen molar-refractivity contribution in [1.29, 1.82) is 0 Å². The summed E-state index contributed by atoms with van der Waals surface area (Å²) in [7, 11) is 0. The summed E-state index contributed by atoms with van der Waals surface area (Å²) in [6.45, 7) is 2.84. The second-order valence-electron chi connectivity index (χ2n) is 4.21. The second-order valence-corrected chi connectivity index (χ2v) is 4.21. The van der Waals surface area contributed by atoms with Crippen LogP contribution < -0.4 is 5.32 Å². The molecule has 2 N–H and O–H groups in total. The van der Waals surface area contributed by atoms with Crippen molar-refractivity contribution in [2.24, 2.45) is 0 Å². The first-order chi connectivity index (χ1) is 8.25. The van der Waals surface area contributed by atoms with Crippen LogP contribution in [0.2, 0.25) is 0 Å². The zero-order valence-corrected chi connectivity index (χ0v) is 10.4. The normalized spacial score (nSPS) is 12.1. The van der Waals surface area contributed by atoms with Gasteiger partial charge in [-0.25, -0.2) is 0 Å². The number of aliphatic hydroxyl groups excluding tert-OH is 1. The molecule has 1 atom stereocenters. The topological polar surface area (TPSA) is 49.3 Å². The Labute approximate surface area is 103 Å². The standard InChI is InChI=1S/C14H21NO2/c1-12(13-8-4-2-5-9-13)14(17)15-10-6-3-7-11-16/h2,4-5,8-9,12,16H,3,6-7,10-11H2,1H3,(H,15,17). The van der Waals surface area contributed by atoms with Gasteiger partial charge in [-0.2, -0.15) is 0 Å². The van der Waals surface area contributed by atoms with E-state index in [1.54, 1.807) is 0 Å². The molecule has 1 aromatic rings. The lowest BCUT2D eigenvalue weighted by Crippen LogP contribution is -2.28. The number of unbranched alkanes of at least 4 members (excludes halogenated alkanes) is 2. The van der Waals surface area contributed by atoms with Crippen molar-refractivity contribution in [1.82, 2.24) is 5.32 Å². The minimum atomic E-state index is -0.103. The van der Waals surface area contributed by atoms with E-state index in [0.29, 0.717) is 6.54 Å². The zero-order valence-electron chi connectivity index (χ0n) is 10.4. The lowest BCUT2D eigenvalue weighted by Gasteiger charge is -2.12. The van der Waals surface area contributed by atoms with Gasteiger partial charge >= 0.3 is 0 Å². The van der Waals surface area contributed by atoms with Gasteiger partial charge in [-0.05, 0) is 31.7 Å². The maximum Gasteiger partial charge on any atom is 0.227 e. The zero-order chi connectivity index (χ0) is 12.5. The highest BCUT2D eigenvalue weighted by molar-refractivity contribution is 5.83. The highest BCUT2D eigenvalue weighted by Gasteiger charge is 2.13. The van der Waals surface area contributed by atoms with E-state index in [1.165, 1.54) is 0 Å². The molecule has 0 saturated carbocycles. The van der Waals surface area contributed by atoms with Gasteiger partial charge in [-0.3, -0.25) is 4.79 Å². The Hall–Kier alpha value is -1.35. The maximum absolute atomic E-state index is 11.8. The van der Waals surface area contributed by atoms with Gasteiger partial charge in [-0.15, -0.1) is 0 Å². The molecule has 0 aliphatic rings. The molecule has 0 heterocycles. The second kappa shape index (κ2) is 7.85. The molecular formula is C14H21NO2. The van der Waals surface area contributed by atoms with Gasteiger partial charge in [0.25, 0.3) is 0 Å². The molecule has 17 heavy (non-hydrogen) atoms. The van der Waals surface area contributed by atoms with E-state index in [2.05, 4.69) is 5.32 Å². The number of rotatable bonds is 7. The summed E-state index contributed by atoms with van der Waals surface area (Å²) in [5.74, 6) is -0.0331. The van der Waals surface area contributed by atoms with Crippen molar-refractivity contribution in [3.8, 4) is 0 Å². The van der Waals surface area contributed by atoms with Gasteiger partial charge in [0.05, 0.1) is 5.92 Å². The number of carbonyl (C=O) groups excluding carboxylic acids is 1. The van der Waals surface area contributed by atoms with Crippen molar-refractivity contribution in [2.45, 2.75) is 32.1 Å². The third-order valence-corrected chi connectivity index (χ3v) is 2.83. The quantitative estimate of drug-likeness (QED) is 0.711. The molecule has 1 unspecified atom stereocenters. The van der Waals surface area contributed by atoms with Crippen molar-refractivity contribution in [3.05, 3.63) is 35.9 Å². The van der Waals surface area contributed by atoms with Crippen LogP contribution in [0.5, 0.6) is 0 Å². The fourth-order valence-electron chi connectivity index (χ4n) is 1.67. The highest BCUT2D eigenvalue weighted by Crippen LogP contribution is 2.14. The van der Waals surface area contributed by atoms with Crippen LogP contribution in [-0.4, -0.2) is 24.2 Å². The Bertz CT molecular complexity index is 324. The predicted molar refractivity (Wildman–Crippen MR) is 68.8 cm³/mol. The van der Waals surface area contributed by atoms with E-state index in [0.717, 1.165) is 24.8 Å². The largest absolute Gasteiger partial charge is 0.396 e. The molecule has 1 rings (SSSR count). The Morgan fingerprint density at radius 2 is 1.94 bits per heavy atom. The minimum absolute atomic E-state index is 0.0696. The third-order valence-electron chi connectivity index (χ3n) is 2.83. The number of nitrogens with one attached hydrogen (secondary N) is 1.